The fourth-order valence-electron chi connectivity index (χ4n) is 2.58. The van der Waals surface area contributed by atoms with Gasteiger partial charge < -0.3 is 20.8 Å². The average molecular weight is 242 g/mol. The number of fused-ring (bicyclic) bond motifs is 2. The minimum Gasteiger partial charge on any atom is -0.479 e. The molecule has 6 nitrogen and oxygen atoms in total. The van der Waals surface area contributed by atoms with Crippen LogP contribution in [-0.2, 0) is 9.59 Å². The van der Waals surface area contributed by atoms with Gasteiger partial charge in [-0.25, -0.2) is 4.79 Å². The van der Waals surface area contributed by atoms with E-state index in [9.17, 15) is 14.7 Å². The largest absolute Gasteiger partial charge is 0.479 e. The monoisotopic (exact) mass is 242 g/mol. The Morgan fingerprint density at radius 1 is 1.47 bits per heavy atom. The summed E-state index contributed by atoms with van der Waals surface area (Å²) in [6, 6.07) is 0.644. The number of hydrogen-bond acceptors (Lipinski definition) is 4. The maximum Gasteiger partial charge on any atom is 0.337 e. The van der Waals surface area contributed by atoms with Crippen molar-refractivity contribution >= 4 is 11.9 Å². The van der Waals surface area contributed by atoms with E-state index in [1.54, 1.807) is 0 Å². The molecule has 2 fully saturated rings. The maximum absolute atomic E-state index is 11.8. The summed E-state index contributed by atoms with van der Waals surface area (Å²) in [5, 5.41) is 24.1. The van der Waals surface area contributed by atoms with E-state index < -0.39 is 11.6 Å². The van der Waals surface area contributed by atoms with Gasteiger partial charge in [-0.3, -0.25) is 4.79 Å². The van der Waals surface area contributed by atoms with Crippen LogP contribution in [0.25, 0.3) is 0 Å². The van der Waals surface area contributed by atoms with Gasteiger partial charge in [0, 0.05) is 12.1 Å². The van der Waals surface area contributed by atoms with E-state index in [2.05, 4.69) is 10.6 Å². The van der Waals surface area contributed by atoms with Crippen LogP contribution in [0.2, 0.25) is 0 Å². The molecule has 96 valence electrons. The lowest BCUT2D eigenvalue weighted by atomic mass is 9.88. The third kappa shape index (κ3) is 2.42. The van der Waals surface area contributed by atoms with Crippen molar-refractivity contribution in [3.8, 4) is 0 Å². The predicted molar refractivity (Wildman–Crippen MR) is 59.3 cm³/mol. The first-order chi connectivity index (χ1) is 7.90. The number of nitrogens with one attached hydrogen (secondary N) is 2. The number of aliphatic carboxylic acids is 1. The van der Waals surface area contributed by atoms with Gasteiger partial charge >= 0.3 is 5.97 Å². The van der Waals surface area contributed by atoms with Crippen molar-refractivity contribution in [1.82, 2.24) is 10.6 Å². The molecule has 6 heteroatoms. The van der Waals surface area contributed by atoms with Crippen molar-refractivity contribution in [2.45, 2.75) is 43.9 Å². The lowest BCUT2D eigenvalue weighted by Crippen LogP contribution is -2.49. The van der Waals surface area contributed by atoms with Crippen molar-refractivity contribution < 1.29 is 19.8 Å². The molecule has 4 atom stereocenters. The third-order valence-electron chi connectivity index (χ3n) is 3.70. The van der Waals surface area contributed by atoms with Crippen LogP contribution in [0.5, 0.6) is 0 Å². The average Bonchev–Trinajstić information content (AvgIpc) is 2.87. The summed E-state index contributed by atoms with van der Waals surface area (Å²) in [6.07, 6.45) is 2.92. The number of aliphatic hydroxyl groups is 1. The summed E-state index contributed by atoms with van der Waals surface area (Å²) < 4.78 is 0. The second kappa shape index (κ2) is 4.27. The molecule has 0 saturated carbocycles. The fraction of sp³-hybridized carbons (Fsp3) is 0.818. The van der Waals surface area contributed by atoms with Gasteiger partial charge in [0.05, 0.1) is 12.5 Å². The minimum atomic E-state index is -1.90. The molecular weight excluding hydrogens is 224 g/mol. The highest BCUT2D eigenvalue weighted by Crippen LogP contribution is 2.33. The standard InChI is InChI=1S/C11H18N2O4/c1-11(17,10(15)16)5-12-9(14)7-4-6-2-3-8(7)13-6/h6-8,13,17H,2-5H2,1H3,(H,12,14)(H,15,16). The van der Waals surface area contributed by atoms with Crippen LogP contribution in [-0.4, -0.2) is 46.3 Å². The lowest BCUT2D eigenvalue weighted by Gasteiger charge is -2.23. The Labute approximate surface area is 99.4 Å². The maximum atomic E-state index is 11.8. The van der Waals surface area contributed by atoms with Crippen LogP contribution in [0.3, 0.4) is 0 Å². The number of carbonyl (C=O) groups excluding carboxylic acids is 1. The van der Waals surface area contributed by atoms with E-state index in [0.717, 1.165) is 19.3 Å². The van der Waals surface area contributed by atoms with Crippen LogP contribution >= 0.6 is 0 Å². The van der Waals surface area contributed by atoms with E-state index in [0.29, 0.717) is 6.04 Å². The van der Waals surface area contributed by atoms with Gasteiger partial charge in [0.1, 0.15) is 0 Å². The number of hydrogen-bond donors (Lipinski definition) is 4. The Kier molecular flexibility index (Phi) is 3.09. The Hall–Kier alpha value is -1.14. The van der Waals surface area contributed by atoms with Crippen molar-refractivity contribution in [1.29, 1.82) is 0 Å². The lowest BCUT2D eigenvalue weighted by molar-refractivity contribution is -0.156. The van der Waals surface area contributed by atoms with E-state index >= 15 is 0 Å². The first-order valence-electron chi connectivity index (χ1n) is 5.89. The van der Waals surface area contributed by atoms with Gasteiger partial charge in [0.25, 0.3) is 0 Å². The van der Waals surface area contributed by atoms with Gasteiger partial charge in [-0.1, -0.05) is 0 Å². The molecule has 0 aliphatic carbocycles. The molecule has 4 unspecified atom stereocenters. The zero-order valence-electron chi connectivity index (χ0n) is 9.77. The van der Waals surface area contributed by atoms with E-state index in [-0.39, 0.29) is 24.4 Å². The topological polar surface area (TPSA) is 98.7 Å². The second-order valence-corrected chi connectivity index (χ2v) is 5.19. The van der Waals surface area contributed by atoms with E-state index in [1.165, 1.54) is 6.92 Å². The summed E-state index contributed by atoms with van der Waals surface area (Å²) in [5.41, 5.74) is -1.90. The highest BCUT2D eigenvalue weighted by Gasteiger charge is 2.43. The molecule has 0 radical (unpaired) electrons. The Bertz CT molecular complexity index is 342. The van der Waals surface area contributed by atoms with Gasteiger partial charge in [0.2, 0.25) is 5.91 Å². The molecule has 0 spiro atoms. The van der Waals surface area contributed by atoms with Crippen molar-refractivity contribution in [2.75, 3.05) is 6.54 Å². The van der Waals surface area contributed by atoms with Gasteiger partial charge in [-0.15, -0.1) is 0 Å². The molecule has 2 heterocycles. The normalized spacial score (nSPS) is 34.4. The molecule has 2 aliphatic rings. The zero-order valence-corrected chi connectivity index (χ0v) is 9.77. The predicted octanol–water partition coefficient (Wildman–Crippen LogP) is -0.921. The summed E-state index contributed by atoms with van der Waals surface area (Å²) in [5.74, 6) is -1.58. The molecule has 2 aliphatic heterocycles. The van der Waals surface area contributed by atoms with Gasteiger partial charge in [0.15, 0.2) is 5.60 Å². The van der Waals surface area contributed by atoms with Crippen LogP contribution in [0, 0.1) is 5.92 Å². The highest BCUT2D eigenvalue weighted by molar-refractivity contribution is 5.82. The number of carbonyl (C=O) groups is 2. The van der Waals surface area contributed by atoms with Crippen LogP contribution in [0.4, 0.5) is 0 Å². The molecule has 17 heavy (non-hydrogen) atoms. The number of amides is 1. The Morgan fingerprint density at radius 3 is 2.65 bits per heavy atom. The minimum absolute atomic E-state index is 0.0849. The summed E-state index contributed by atoms with van der Waals surface area (Å²) in [4.78, 5) is 22.5. The SMILES string of the molecule is CC(O)(CNC(=O)C1CC2CCC1N2)C(=O)O. The quantitative estimate of drug-likeness (QED) is 0.511. The van der Waals surface area contributed by atoms with Crippen molar-refractivity contribution in [3.63, 3.8) is 0 Å². The molecule has 0 aromatic carbocycles. The fourth-order valence-corrected chi connectivity index (χ4v) is 2.58. The molecular formula is C11H18N2O4. The zero-order chi connectivity index (χ0) is 12.6. The van der Waals surface area contributed by atoms with Crippen molar-refractivity contribution in [2.24, 2.45) is 5.92 Å². The first-order valence-corrected chi connectivity index (χ1v) is 5.89. The Morgan fingerprint density at radius 2 is 2.18 bits per heavy atom. The van der Waals surface area contributed by atoms with E-state index in [1.807, 2.05) is 0 Å². The van der Waals surface area contributed by atoms with E-state index in [4.69, 9.17) is 5.11 Å². The summed E-state index contributed by atoms with van der Waals surface area (Å²) in [7, 11) is 0. The molecule has 1 amide bonds. The van der Waals surface area contributed by atoms with Crippen LogP contribution in [0.1, 0.15) is 26.2 Å². The van der Waals surface area contributed by atoms with Gasteiger partial charge in [-0.05, 0) is 26.2 Å². The van der Waals surface area contributed by atoms with Crippen LogP contribution in [0.15, 0.2) is 0 Å². The highest BCUT2D eigenvalue weighted by atomic mass is 16.4. The molecule has 2 rings (SSSR count). The third-order valence-corrected chi connectivity index (χ3v) is 3.70. The molecule has 0 aromatic heterocycles. The molecule has 2 saturated heterocycles. The number of rotatable bonds is 4. The first kappa shape index (κ1) is 12.3. The molecule has 0 aromatic rings. The number of carboxylic acid groups (broad SMARTS) is 1. The smallest absolute Gasteiger partial charge is 0.337 e. The van der Waals surface area contributed by atoms with Crippen molar-refractivity contribution in [3.05, 3.63) is 0 Å². The second-order valence-electron chi connectivity index (χ2n) is 5.19. The van der Waals surface area contributed by atoms with Crippen LogP contribution < -0.4 is 10.6 Å². The van der Waals surface area contributed by atoms with Gasteiger partial charge in [-0.2, -0.15) is 0 Å². The summed E-state index contributed by atoms with van der Waals surface area (Å²) >= 11 is 0. The summed E-state index contributed by atoms with van der Waals surface area (Å²) in [6.45, 7) is 0.920. The molecule has 4 N–H and O–H groups in total. The molecule has 2 bridgehead atoms. The Balaban J connectivity index is 1.84. The number of carboxylic acids is 1.